The van der Waals surface area contributed by atoms with Crippen LogP contribution in [0.1, 0.15) is 65.9 Å². The fourth-order valence-corrected chi connectivity index (χ4v) is 2.96. The maximum Gasteiger partial charge on any atom is 0.308 e. The first-order chi connectivity index (χ1) is 12.3. The molecular formula is C23H30O3. The number of hydrogen-bond donors (Lipinski definition) is 0. The topological polar surface area (TPSA) is 35.5 Å². The number of hydrogen-bond acceptors (Lipinski definition) is 3. The molecule has 0 spiro atoms. The number of ether oxygens (including phenoxy) is 2. The molecule has 3 nitrogen and oxygen atoms in total. The van der Waals surface area contributed by atoms with Crippen LogP contribution in [0, 0.1) is 0 Å². The number of rotatable bonds is 7. The second-order valence-electron chi connectivity index (χ2n) is 7.45. The van der Waals surface area contributed by atoms with Crippen molar-refractivity contribution in [2.45, 2.75) is 65.9 Å². The maximum absolute atomic E-state index is 11.1. The van der Waals surface area contributed by atoms with E-state index < -0.39 is 0 Å². The Balaban J connectivity index is 1.93. The Kier molecular flexibility index (Phi) is 6.84. The summed E-state index contributed by atoms with van der Waals surface area (Å²) in [5, 5.41) is 0. The highest BCUT2D eigenvalue weighted by Crippen LogP contribution is 2.35. The summed E-state index contributed by atoms with van der Waals surface area (Å²) in [7, 11) is 0. The third kappa shape index (κ3) is 6.21. The highest BCUT2D eigenvalue weighted by molar-refractivity contribution is 5.70. The van der Waals surface area contributed by atoms with Gasteiger partial charge in [0.15, 0.2) is 0 Å². The zero-order valence-corrected chi connectivity index (χ0v) is 16.6. The smallest absolute Gasteiger partial charge is 0.308 e. The third-order valence-electron chi connectivity index (χ3n) is 4.43. The van der Waals surface area contributed by atoms with E-state index in [1.807, 2.05) is 12.1 Å². The first-order valence-electron chi connectivity index (χ1n) is 9.27. The summed E-state index contributed by atoms with van der Waals surface area (Å²) in [6, 6.07) is 5.48. The molecule has 1 aromatic rings. The lowest BCUT2D eigenvalue weighted by Crippen LogP contribution is -2.31. The van der Waals surface area contributed by atoms with E-state index in [2.05, 4.69) is 52.0 Å². The first-order valence-corrected chi connectivity index (χ1v) is 9.27. The zero-order chi connectivity index (χ0) is 19.2. The number of benzene rings is 1. The van der Waals surface area contributed by atoms with Crippen LogP contribution in [0.25, 0.3) is 6.08 Å². The van der Waals surface area contributed by atoms with Crippen molar-refractivity contribution in [2.24, 2.45) is 0 Å². The van der Waals surface area contributed by atoms with Crippen molar-refractivity contribution in [3.63, 3.8) is 0 Å². The van der Waals surface area contributed by atoms with Gasteiger partial charge in [0, 0.05) is 12.5 Å². The second kappa shape index (κ2) is 8.88. The number of fused-ring (bicyclic) bond motifs is 1. The minimum absolute atomic E-state index is 0.313. The van der Waals surface area contributed by atoms with Gasteiger partial charge < -0.3 is 9.47 Å². The lowest BCUT2D eigenvalue weighted by Gasteiger charge is -2.31. The molecule has 0 aromatic heterocycles. The summed E-state index contributed by atoms with van der Waals surface area (Å²) in [6.07, 6.45) is 12.9. The van der Waals surface area contributed by atoms with Gasteiger partial charge in [-0.2, -0.15) is 0 Å². The molecule has 0 radical (unpaired) electrons. The van der Waals surface area contributed by atoms with Crippen molar-refractivity contribution in [2.75, 3.05) is 0 Å². The molecule has 1 aliphatic rings. The van der Waals surface area contributed by atoms with Gasteiger partial charge in [-0.15, -0.1) is 0 Å². The summed E-state index contributed by atoms with van der Waals surface area (Å²) >= 11 is 0. The number of esters is 1. The van der Waals surface area contributed by atoms with E-state index in [4.69, 9.17) is 9.47 Å². The molecule has 0 saturated heterocycles. The lowest BCUT2D eigenvalue weighted by molar-refractivity contribution is -0.131. The Morgan fingerprint density at radius 3 is 2.62 bits per heavy atom. The number of carbonyl (C=O) groups is 1. The van der Waals surface area contributed by atoms with Gasteiger partial charge >= 0.3 is 5.97 Å². The fourth-order valence-electron chi connectivity index (χ4n) is 2.96. The summed E-state index contributed by atoms with van der Waals surface area (Å²) in [5.74, 6) is 1.06. The molecule has 1 aromatic carbocycles. The summed E-state index contributed by atoms with van der Waals surface area (Å²) in [4.78, 5) is 11.1. The molecule has 0 amide bonds. The van der Waals surface area contributed by atoms with Crippen LogP contribution in [0.2, 0.25) is 0 Å². The highest BCUT2D eigenvalue weighted by atomic mass is 16.5. The van der Waals surface area contributed by atoms with Gasteiger partial charge in [0.1, 0.15) is 17.1 Å². The lowest BCUT2D eigenvalue weighted by atomic mass is 9.94. The summed E-state index contributed by atoms with van der Waals surface area (Å²) in [5.41, 5.74) is 3.43. The average molecular weight is 354 g/mol. The van der Waals surface area contributed by atoms with E-state index in [-0.39, 0.29) is 11.6 Å². The van der Waals surface area contributed by atoms with Crippen LogP contribution < -0.4 is 9.47 Å². The molecule has 2 rings (SSSR count). The molecular weight excluding hydrogens is 324 g/mol. The zero-order valence-electron chi connectivity index (χ0n) is 16.6. The van der Waals surface area contributed by atoms with Gasteiger partial charge in [0.25, 0.3) is 0 Å². The quantitative estimate of drug-likeness (QED) is 0.330. The normalized spacial score (nSPS) is 18.7. The van der Waals surface area contributed by atoms with Gasteiger partial charge in [-0.05, 0) is 77.7 Å². The van der Waals surface area contributed by atoms with Crippen molar-refractivity contribution >= 4 is 12.0 Å². The third-order valence-corrected chi connectivity index (χ3v) is 4.43. The van der Waals surface area contributed by atoms with Crippen molar-refractivity contribution in [3.05, 3.63) is 53.1 Å². The van der Waals surface area contributed by atoms with E-state index in [1.165, 1.54) is 18.1 Å². The van der Waals surface area contributed by atoms with E-state index in [1.54, 1.807) is 6.07 Å². The van der Waals surface area contributed by atoms with E-state index >= 15 is 0 Å². The van der Waals surface area contributed by atoms with Gasteiger partial charge in [0.2, 0.25) is 0 Å². The molecule has 0 saturated carbocycles. The molecule has 1 heterocycles. The molecule has 1 unspecified atom stereocenters. The van der Waals surface area contributed by atoms with Crippen LogP contribution in [0.5, 0.6) is 11.5 Å². The number of allylic oxidation sites excluding steroid dienone is 4. The van der Waals surface area contributed by atoms with Crippen molar-refractivity contribution in [1.29, 1.82) is 0 Å². The Bertz CT molecular complexity index is 736. The van der Waals surface area contributed by atoms with Crippen molar-refractivity contribution in [1.82, 2.24) is 0 Å². The number of carbonyl (C=O) groups excluding carboxylic acids is 1. The minimum atomic E-state index is -0.317. The van der Waals surface area contributed by atoms with Crippen LogP contribution in [-0.4, -0.2) is 11.6 Å². The molecule has 1 aliphatic heterocycles. The molecule has 26 heavy (non-hydrogen) atoms. The monoisotopic (exact) mass is 354 g/mol. The highest BCUT2D eigenvalue weighted by Gasteiger charge is 2.26. The molecule has 0 bridgehead atoms. The Hall–Kier alpha value is -2.29. The Morgan fingerprint density at radius 1 is 1.15 bits per heavy atom. The molecule has 140 valence electrons. The van der Waals surface area contributed by atoms with E-state index in [0.29, 0.717) is 5.75 Å². The largest absolute Gasteiger partial charge is 0.483 e. The van der Waals surface area contributed by atoms with Gasteiger partial charge in [-0.25, -0.2) is 0 Å². The van der Waals surface area contributed by atoms with Crippen LogP contribution in [-0.2, 0) is 4.79 Å². The molecule has 1 atom stereocenters. The summed E-state index contributed by atoms with van der Waals surface area (Å²) < 4.78 is 11.3. The van der Waals surface area contributed by atoms with Gasteiger partial charge in [0.05, 0.1) is 0 Å². The molecule has 0 aliphatic carbocycles. The van der Waals surface area contributed by atoms with Crippen LogP contribution in [0.3, 0.4) is 0 Å². The standard InChI is InChI=1S/C23H30O3/c1-17(2)8-6-9-18(3)10-7-14-23(5)15-13-20-16-21(25-19(4)24)11-12-22(20)26-23/h8,10-13,15-16H,6-7,9,14H2,1-5H3/b18-10+. The molecule has 0 N–H and O–H groups in total. The average Bonchev–Trinajstić information content (AvgIpc) is 2.54. The first kappa shape index (κ1) is 20.0. The van der Waals surface area contributed by atoms with Gasteiger partial charge in [-0.3, -0.25) is 4.79 Å². The second-order valence-corrected chi connectivity index (χ2v) is 7.45. The van der Waals surface area contributed by atoms with Crippen LogP contribution in [0.4, 0.5) is 0 Å². The predicted molar refractivity (Wildman–Crippen MR) is 107 cm³/mol. The van der Waals surface area contributed by atoms with E-state index in [9.17, 15) is 4.79 Å². The summed E-state index contributed by atoms with van der Waals surface area (Å²) in [6.45, 7) is 9.99. The predicted octanol–water partition coefficient (Wildman–Crippen LogP) is 6.25. The molecule has 0 fully saturated rings. The van der Waals surface area contributed by atoms with Crippen LogP contribution >= 0.6 is 0 Å². The van der Waals surface area contributed by atoms with Gasteiger partial charge in [-0.1, -0.05) is 29.4 Å². The Labute approximate surface area is 157 Å². The van der Waals surface area contributed by atoms with Crippen molar-refractivity contribution < 1.29 is 14.3 Å². The van der Waals surface area contributed by atoms with E-state index in [0.717, 1.165) is 37.0 Å². The minimum Gasteiger partial charge on any atom is -0.483 e. The van der Waals surface area contributed by atoms with Crippen LogP contribution in [0.15, 0.2) is 47.6 Å². The Morgan fingerprint density at radius 2 is 1.92 bits per heavy atom. The SMILES string of the molecule is CC(=O)Oc1ccc2c(c1)C=CC(C)(CC/C=C(\C)CCC=C(C)C)O2. The fraction of sp³-hybridized carbons (Fsp3) is 0.435. The maximum atomic E-state index is 11.1. The van der Waals surface area contributed by atoms with Crippen molar-refractivity contribution in [3.8, 4) is 11.5 Å². The molecule has 3 heteroatoms.